The van der Waals surface area contributed by atoms with Gasteiger partial charge in [-0.1, -0.05) is 23.2 Å². The highest BCUT2D eigenvalue weighted by Gasteiger charge is 2.09. The van der Waals surface area contributed by atoms with Crippen LogP contribution in [0.25, 0.3) is 10.9 Å². The van der Waals surface area contributed by atoms with Crippen LogP contribution in [0.2, 0.25) is 10.2 Å². The van der Waals surface area contributed by atoms with Gasteiger partial charge in [0, 0.05) is 30.2 Å². The first-order valence-corrected chi connectivity index (χ1v) is 7.77. The molecule has 2 heterocycles. The molecule has 0 unspecified atom stereocenters. The van der Waals surface area contributed by atoms with E-state index in [-0.39, 0.29) is 0 Å². The molecule has 0 aliphatic rings. The van der Waals surface area contributed by atoms with Gasteiger partial charge in [-0.2, -0.15) is 0 Å². The monoisotopic (exact) mass is 334 g/mol. The average Bonchev–Trinajstić information content (AvgIpc) is 2.75. The van der Waals surface area contributed by atoms with Gasteiger partial charge in [0.15, 0.2) is 0 Å². The fourth-order valence-corrected chi connectivity index (χ4v) is 3.18. The molecule has 3 aromatic rings. The molecule has 0 atom stereocenters. The Morgan fingerprint density at radius 2 is 1.91 bits per heavy atom. The molecule has 0 saturated heterocycles. The molecular formula is C16H16Cl2N4. The maximum absolute atomic E-state index is 6.42. The largest absolute Gasteiger partial charge is 0.368 e. The van der Waals surface area contributed by atoms with Gasteiger partial charge in [0.2, 0.25) is 0 Å². The number of aryl methyl sites for hydroxylation is 2. The standard InChI is InChI=1S/C16H16Cl2N4/c1-10-5-12-7-11(2)22(16(12)13(17)6-10)4-3-19-15-8-14(18)20-9-21-15/h5-9H,3-4H2,1-2H3,(H,19,20,21). The van der Waals surface area contributed by atoms with Crippen LogP contribution in [-0.4, -0.2) is 21.1 Å². The first-order chi connectivity index (χ1) is 10.5. The minimum absolute atomic E-state index is 0.429. The van der Waals surface area contributed by atoms with Crippen molar-refractivity contribution in [2.24, 2.45) is 0 Å². The second kappa shape index (κ2) is 6.15. The zero-order valence-electron chi connectivity index (χ0n) is 12.4. The molecule has 1 N–H and O–H groups in total. The first-order valence-electron chi connectivity index (χ1n) is 7.02. The lowest BCUT2D eigenvalue weighted by atomic mass is 10.2. The number of halogens is 2. The number of benzene rings is 1. The van der Waals surface area contributed by atoms with E-state index in [4.69, 9.17) is 23.2 Å². The third-order valence-corrected chi connectivity index (χ3v) is 4.07. The van der Waals surface area contributed by atoms with Crippen molar-refractivity contribution < 1.29 is 0 Å². The van der Waals surface area contributed by atoms with Crippen LogP contribution < -0.4 is 5.32 Å². The van der Waals surface area contributed by atoms with E-state index in [0.717, 1.165) is 29.4 Å². The quantitative estimate of drug-likeness (QED) is 0.716. The van der Waals surface area contributed by atoms with Crippen LogP contribution in [0.1, 0.15) is 11.3 Å². The van der Waals surface area contributed by atoms with Gasteiger partial charge in [0.25, 0.3) is 0 Å². The lowest BCUT2D eigenvalue weighted by Gasteiger charge is -2.11. The van der Waals surface area contributed by atoms with E-state index >= 15 is 0 Å². The predicted molar refractivity (Wildman–Crippen MR) is 92.0 cm³/mol. The zero-order chi connectivity index (χ0) is 15.7. The molecule has 0 saturated carbocycles. The van der Waals surface area contributed by atoms with Crippen LogP contribution in [0.4, 0.5) is 5.82 Å². The second-order valence-corrected chi connectivity index (χ2v) is 6.07. The molecule has 0 amide bonds. The van der Waals surface area contributed by atoms with Gasteiger partial charge >= 0.3 is 0 Å². The van der Waals surface area contributed by atoms with Crippen LogP contribution in [-0.2, 0) is 6.54 Å². The van der Waals surface area contributed by atoms with Crippen LogP contribution >= 0.6 is 23.2 Å². The maximum atomic E-state index is 6.42. The van der Waals surface area contributed by atoms with Crippen LogP contribution in [0.15, 0.2) is 30.6 Å². The Balaban J connectivity index is 1.81. The number of hydrogen-bond acceptors (Lipinski definition) is 3. The molecule has 22 heavy (non-hydrogen) atoms. The van der Waals surface area contributed by atoms with E-state index in [9.17, 15) is 0 Å². The molecule has 0 fully saturated rings. The van der Waals surface area contributed by atoms with E-state index in [2.05, 4.69) is 45.8 Å². The molecule has 0 aliphatic carbocycles. The average molecular weight is 335 g/mol. The summed E-state index contributed by atoms with van der Waals surface area (Å²) in [6.45, 7) is 5.66. The number of aromatic nitrogens is 3. The summed E-state index contributed by atoms with van der Waals surface area (Å²) in [4.78, 5) is 7.99. The van der Waals surface area contributed by atoms with Crippen LogP contribution in [0.5, 0.6) is 0 Å². The minimum Gasteiger partial charge on any atom is -0.368 e. The maximum Gasteiger partial charge on any atom is 0.134 e. The summed E-state index contributed by atoms with van der Waals surface area (Å²) >= 11 is 12.3. The number of rotatable bonds is 4. The van der Waals surface area contributed by atoms with Gasteiger partial charge in [0.1, 0.15) is 17.3 Å². The molecule has 2 aromatic heterocycles. The molecule has 0 radical (unpaired) electrons. The van der Waals surface area contributed by atoms with Crippen molar-refractivity contribution in [2.75, 3.05) is 11.9 Å². The highest BCUT2D eigenvalue weighted by atomic mass is 35.5. The molecule has 3 rings (SSSR count). The Labute approximate surface area is 139 Å². The van der Waals surface area contributed by atoms with E-state index in [1.165, 1.54) is 23.0 Å². The Morgan fingerprint density at radius 3 is 2.68 bits per heavy atom. The third-order valence-electron chi connectivity index (χ3n) is 3.57. The Kier molecular flexibility index (Phi) is 4.23. The third kappa shape index (κ3) is 3.03. The molecule has 4 nitrogen and oxygen atoms in total. The van der Waals surface area contributed by atoms with Gasteiger partial charge in [-0.25, -0.2) is 9.97 Å². The highest BCUT2D eigenvalue weighted by molar-refractivity contribution is 6.35. The molecule has 0 aliphatic heterocycles. The number of anilines is 1. The normalized spacial score (nSPS) is 11.1. The first kappa shape index (κ1) is 15.1. The van der Waals surface area contributed by atoms with E-state index in [1.54, 1.807) is 6.07 Å². The molecule has 6 heteroatoms. The van der Waals surface area contributed by atoms with Crippen LogP contribution in [0.3, 0.4) is 0 Å². The Bertz CT molecular complexity index is 826. The van der Waals surface area contributed by atoms with Gasteiger partial charge in [-0.15, -0.1) is 0 Å². The summed E-state index contributed by atoms with van der Waals surface area (Å²) in [5, 5.41) is 5.64. The topological polar surface area (TPSA) is 42.7 Å². The van der Waals surface area contributed by atoms with Crippen molar-refractivity contribution in [3.05, 3.63) is 52.0 Å². The summed E-state index contributed by atoms with van der Waals surface area (Å²) in [7, 11) is 0. The highest BCUT2D eigenvalue weighted by Crippen LogP contribution is 2.28. The summed E-state index contributed by atoms with van der Waals surface area (Å²) in [5.74, 6) is 0.719. The SMILES string of the molecule is Cc1cc(Cl)c2c(c1)cc(C)n2CCNc1cc(Cl)ncn1. The second-order valence-electron chi connectivity index (χ2n) is 5.27. The lowest BCUT2D eigenvalue weighted by Crippen LogP contribution is -2.12. The minimum atomic E-state index is 0.429. The fourth-order valence-electron chi connectivity index (χ4n) is 2.65. The predicted octanol–water partition coefficient (Wildman–Crippen LogP) is 4.47. The lowest BCUT2D eigenvalue weighted by molar-refractivity contribution is 0.733. The van der Waals surface area contributed by atoms with Crippen molar-refractivity contribution in [3.8, 4) is 0 Å². The van der Waals surface area contributed by atoms with Gasteiger partial charge in [0.05, 0.1) is 10.5 Å². The zero-order valence-corrected chi connectivity index (χ0v) is 13.9. The Hall–Kier alpha value is -1.78. The van der Waals surface area contributed by atoms with Crippen molar-refractivity contribution >= 4 is 39.9 Å². The van der Waals surface area contributed by atoms with E-state index in [0.29, 0.717) is 5.15 Å². The van der Waals surface area contributed by atoms with Gasteiger partial charge < -0.3 is 9.88 Å². The van der Waals surface area contributed by atoms with E-state index < -0.39 is 0 Å². The van der Waals surface area contributed by atoms with Crippen LogP contribution in [0, 0.1) is 13.8 Å². The van der Waals surface area contributed by atoms with Gasteiger partial charge in [-0.3, -0.25) is 0 Å². The van der Waals surface area contributed by atoms with Crippen molar-refractivity contribution in [2.45, 2.75) is 20.4 Å². The Morgan fingerprint density at radius 1 is 1.09 bits per heavy atom. The summed E-state index contributed by atoms with van der Waals surface area (Å²) in [5.41, 5.74) is 3.43. The van der Waals surface area contributed by atoms with E-state index in [1.807, 2.05) is 6.07 Å². The number of fused-ring (bicyclic) bond motifs is 1. The number of hydrogen-bond donors (Lipinski definition) is 1. The number of nitrogens with zero attached hydrogens (tertiary/aromatic N) is 3. The molecular weight excluding hydrogens is 319 g/mol. The smallest absolute Gasteiger partial charge is 0.134 e. The molecule has 0 spiro atoms. The fraction of sp³-hybridized carbons (Fsp3) is 0.250. The molecule has 1 aromatic carbocycles. The van der Waals surface area contributed by atoms with Crippen molar-refractivity contribution in [3.63, 3.8) is 0 Å². The summed E-state index contributed by atoms with van der Waals surface area (Å²) in [6.07, 6.45) is 1.45. The van der Waals surface area contributed by atoms with Crippen molar-refractivity contribution in [1.29, 1.82) is 0 Å². The van der Waals surface area contributed by atoms with Gasteiger partial charge in [-0.05, 0) is 37.6 Å². The molecule has 0 bridgehead atoms. The summed E-state index contributed by atoms with van der Waals surface area (Å²) in [6, 6.07) is 8.02. The van der Waals surface area contributed by atoms with Crippen molar-refractivity contribution in [1.82, 2.24) is 14.5 Å². The summed E-state index contributed by atoms with van der Waals surface area (Å²) < 4.78 is 2.22. The molecule has 114 valence electrons. The number of nitrogens with one attached hydrogen (secondary N) is 1.